The Morgan fingerprint density at radius 2 is 1.23 bits per heavy atom. The summed E-state index contributed by atoms with van der Waals surface area (Å²) in [6, 6.07) is 26.9. The number of quaternary nitrogens is 1. The summed E-state index contributed by atoms with van der Waals surface area (Å²) in [6.07, 6.45) is 8.59. The first-order valence-corrected chi connectivity index (χ1v) is 17.4. The molecule has 1 fully saturated rings. The van der Waals surface area contributed by atoms with Crippen LogP contribution in [0.4, 0.5) is 4.79 Å². The van der Waals surface area contributed by atoms with E-state index < -0.39 is 0 Å². The highest BCUT2D eigenvalue weighted by molar-refractivity contribution is 6.21. The Kier molecular flexibility index (Phi) is 12.2. The van der Waals surface area contributed by atoms with Gasteiger partial charge in [0.15, 0.2) is 0 Å². The Balaban J connectivity index is 0.905. The van der Waals surface area contributed by atoms with Crippen LogP contribution in [-0.2, 0) is 4.74 Å². The predicted molar refractivity (Wildman–Crippen MR) is 185 cm³/mol. The number of carbonyl (C=O) groups is 3. The molecule has 2 heterocycles. The molecule has 0 saturated carbocycles. The lowest BCUT2D eigenvalue weighted by molar-refractivity contribution is -0.889. The molecular formula is C39H51N4O4+. The number of hydrogen-bond donors (Lipinski definition) is 1. The molecule has 2 aliphatic rings. The van der Waals surface area contributed by atoms with E-state index in [0.717, 1.165) is 67.6 Å². The molecule has 0 spiro atoms. The third-order valence-corrected chi connectivity index (χ3v) is 9.63. The van der Waals surface area contributed by atoms with Gasteiger partial charge in [0.1, 0.15) is 6.10 Å². The van der Waals surface area contributed by atoms with Gasteiger partial charge in [-0.1, -0.05) is 92.1 Å². The number of nitrogens with one attached hydrogen (secondary N) is 1. The van der Waals surface area contributed by atoms with Crippen molar-refractivity contribution < 1.29 is 23.6 Å². The summed E-state index contributed by atoms with van der Waals surface area (Å²) in [5.74, 6) is -0.329. The Morgan fingerprint density at radius 1 is 0.723 bits per heavy atom. The third-order valence-electron chi connectivity index (χ3n) is 9.63. The van der Waals surface area contributed by atoms with Crippen molar-refractivity contribution in [2.45, 2.75) is 63.5 Å². The van der Waals surface area contributed by atoms with E-state index in [4.69, 9.17) is 4.74 Å². The van der Waals surface area contributed by atoms with Gasteiger partial charge in [0.2, 0.25) is 0 Å². The highest BCUT2D eigenvalue weighted by Crippen LogP contribution is 2.24. The molecule has 0 radical (unpaired) electrons. The summed E-state index contributed by atoms with van der Waals surface area (Å²) in [5, 5.41) is 3.10. The quantitative estimate of drug-likeness (QED) is 0.108. The summed E-state index contributed by atoms with van der Waals surface area (Å²) in [5.41, 5.74) is 3.12. The van der Waals surface area contributed by atoms with Gasteiger partial charge >= 0.3 is 6.09 Å². The molecule has 0 aliphatic carbocycles. The van der Waals surface area contributed by atoms with Gasteiger partial charge in [-0.15, -0.1) is 0 Å². The molecular weight excluding hydrogens is 588 g/mol. The minimum absolute atomic E-state index is 0.0475. The molecule has 0 bridgehead atoms. The second-order valence-electron chi connectivity index (χ2n) is 13.7. The van der Waals surface area contributed by atoms with E-state index >= 15 is 0 Å². The van der Waals surface area contributed by atoms with Crippen LogP contribution in [0.25, 0.3) is 0 Å². The lowest BCUT2D eigenvalue weighted by Gasteiger charge is -2.32. The number of piperidine rings is 1. The highest BCUT2D eigenvalue weighted by Gasteiger charge is 2.36. The number of likely N-dealkylation sites (N-methyl/N-ethyl adjacent to an activating group) is 1. The maximum absolute atomic E-state index is 12.9. The van der Waals surface area contributed by atoms with Crippen molar-refractivity contribution in [2.75, 3.05) is 53.4 Å². The Bertz CT molecular complexity index is 1380. The number of amides is 3. The zero-order valence-electron chi connectivity index (χ0n) is 28.1. The number of imide groups is 1. The van der Waals surface area contributed by atoms with Crippen molar-refractivity contribution in [1.29, 1.82) is 0 Å². The van der Waals surface area contributed by atoms with E-state index in [9.17, 15) is 14.4 Å². The van der Waals surface area contributed by atoms with E-state index in [0.29, 0.717) is 17.7 Å². The van der Waals surface area contributed by atoms with Crippen molar-refractivity contribution in [2.24, 2.45) is 0 Å². The lowest BCUT2D eigenvalue weighted by atomic mass is 9.99. The Hall–Kier alpha value is -4.01. The minimum atomic E-state index is -0.355. The fourth-order valence-electron chi connectivity index (χ4n) is 6.71. The fraction of sp³-hybridized carbons (Fsp3) is 0.462. The third kappa shape index (κ3) is 9.75. The maximum Gasteiger partial charge on any atom is 0.408 e. The number of unbranched alkanes of at least 4 members (excludes halogenated alkanes) is 5. The molecule has 8 heteroatoms. The number of benzene rings is 3. The SMILES string of the molecule is C[N+](C)(CCCCCCCCN1CCC(OC(=O)NC(c2ccccc2)c2ccccc2)CC1)CCN1C(=O)c2ccccc2C1=O. The van der Waals surface area contributed by atoms with Crippen LogP contribution in [0.15, 0.2) is 84.9 Å². The van der Waals surface area contributed by atoms with E-state index in [1.165, 1.54) is 37.0 Å². The molecule has 3 amide bonds. The number of alkyl carbamates (subject to hydrolysis) is 1. The van der Waals surface area contributed by atoms with Gasteiger partial charge in [-0.25, -0.2) is 4.79 Å². The van der Waals surface area contributed by atoms with E-state index in [2.05, 4.69) is 24.3 Å². The number of likely N-dealkylation sites (tertiary alicyclic amines) is 1. The lowest BCUT2D eigenvalue weighted by Crippen LogP contribution is -2.47. The summed E-state index contributed by atoms with van der Waals surface area (Å²) < 4.78 is 6.67. The number of carbonyl (C=O) groups excluding carboxylic acids is 3. The highest BCUT2D eigenvalue weighted by atomic mass is 16.6. The molecule has 5 rings (SSSR count). The molecule has 0 atom stereocenters. The molecule has 1 N–H and O–H groups in total. The van der Waals surface area contributed by atoms with Gasteiger partial charge in [0, 0.05) is 13.1 Å². The largest absolute Gasteiger partial charge is 0.446 e. The number of rotatable bonds is 16. The molecule has 8 nitrogen and oxygen atoms in total. The van der Waals surface area contributed by atoms with E-state index in [-0.39, 0.29) is 30.1 Å². The van der Waals surface area contributed by atoms with Crippen molar-refractivity contribution in [3.05, 3.63) is 107 Å². The van der Waals surface area contributed by atoms with Crippen LogP contribution < -0.4 is 5.32 Å². The minimum Gasteiger partial charge on any atom is -0.446 e. The molecule has 0 unspecified atom stereocenters. The van der Waals surface area contributed by atoms with Crippen LogP contribution in [0, 0.1) is 0 Å². The number of ether oxygens (including phenoxy) is 1. The predicted octanol–water partition coefficient (Wildman–Crippen LogP) is 6.68. The summed E-state index contributed by atoms with van der Waals surface area (Å²) >= 11 is 0. The average Bonchev–Trinajstić information content (AvgIpc) is 3.33. The van der Waals surface area contributed by atoms with Crippen LogP contribution in [0.3, 0.4) is 0 Å². The number of fused-ring (bicyclic) bond motifs is 1. The van der Waals surface area contributed by atoms with Gasteiger partial charge in [-0.05, 0) is 61.9 Å². The maximum atomic E-state index is 12.9. The molecule has 250 valence electrons. The van der Waals surface area contributed by atoms with Crippen molar-refractivity contribution in [1.82, 2.24) is 15.1 Å². The van der Waals surface area contributed by atoms with E-state index in [1.807, 2.05) is 72.8 Å². The Labute approximate surface area is 280 Å². The topological polar surface area (TPSA) is 79.0 Å². The molecule has 47 heavy (non-hydrogen) atoms. The van der Waals surface area contributed by atoms with Crippen molar-refractivity contribution in [3.8, 4) is 0 Å². The van der Waals surface area contributed by atoms with Crippen LogP contribution in [-0.4, -0.2) is 91.7 Å². The Morgan fingerprint density at radius 3 is 1.81 bits per heavy atom. The van der Waals surface area contributed by atoms with Crippen LogP contribution >= 0.6 is 0 Å². The van der Waals surface area contributed by atoms with Crippen LogP contribution in [0.1, 0.15) is 89.3 Å². The first kappa shape index (κ1) is 34.3. The standard InChI is InChI=1S/C39H50N4O4/c1-43(2,30-28-42-37(44)34-21-13-14-22-35(34)38(42)45)29-16-6-4-3-5-15-25-41-26-23-33(24-27-41)47-39(46)40-36(31-17-9-7-10-18-31)32-19-11-8-12-20-32/h7-14,17-22,33,36H,3-6,15-16,23-30H2,1-2H3/p+1. The number of hydrogen-bond acceptors (Lipinski definition) is 5. The summed E-state index contributed by atoms with van der Waals surface area (Å²) in [7, 11) is 4.37. The molecule has 1 saturated heterocycles. The van der Waals surface area contributed by atoms with E-state index in [1.54, 1.807) is 12.1 Å². The van der Waals surface area contributed by atoms with Gasteiger partial charge in [0.25, 0.3) is 11.8 Å². The zero-order valence-corrected chi connectivity index (χ0v) is 28.1. The molecule has 3 aromatic rings. The van der Waals surface area contributed by atoms with Gasteiger partial charge in [-0.3, -0.25) is 14.5 Å². The second kappa shape index (κ2) is 16.7. The summed E-state index contributed by atoms with van der Waals surface area (Å²) in [4.78, 5) is 42.1. The van der Waals surface area contributed by atoms with Gasteiger partial charge in [-0.2, -0.15) is 0 Å². The summed E-state index contributed by atoms with van der Waals surface area (Å²) in [6.45, 7) is 5.29. The molecule has 0 aromatic heterocycles. The zero-order chi connectivity index (χ0) is 33.1. The smallest absolute Gasteiger partial charge is 0.408 e. The monoisotopic (exact) mass is 639 g/mol. The van der Waals surface area contributed by atoms with Crippen molar-refractivity contribution >= 4 is 17.9 Å². The first-order chi connectivity index (χ1) is 22.8. The normalized spacial score (nSPS) is 15.7. The molecule has 3 aromatic carbocycles. The average molecular weight is 640 g/mol. The van der Waals surface area contributed by atoms with Crippen LogP contribution in [0.5, 0.6) is 0 Å². The van der Waals surface area contributed by atoms with Crippen molar-refractivity contribution in [3.63, 3.8) is 0 Å². The van der Waals surface area contributed by atoms with Gasteiger partial charge < -0.3 is 19.4 Å². The van der Waals surface area contributed by atoms with Gasteiger partial charge in [0.05, 0.1) is 50.9 Å². The van der Waals surface area contributed by atoms with Crippen LogP contribution in [0.2, 0.25) is 0 Å². The number of nitrogens with zero attached hydrogens (tertiary/aromatic N) is 3. The second-order valence-corrected chi connectivity index (χ2v) is 13.7. The molecule has 2 aliphatic heterocycles. The fourth-order valence-corrected chi connectivity index (χ4v) is 6.71. The first-order valence-electron chi connectivity index (χ1n) is 17.4.